The zero-order valence-corrected chi connectivity index (χ0v) is 18.1. The second kappa shape index (κ2) is 7.23. The molecule has 0 aromatic heterocycles. The highest BCUT2D eigenvalue weighted by atomic mass is 32.3. The zero-order valence-electron chi connectivity index (χ0n) is 11.6. The summed E-state index contributed by atoms with van der Waals surface area (Å²) in [6.07, 6.45) is 0. The third-order valence-electron chi connectivity index (χ3n) is 3.06. The van der Waals surface area contributed by atoms with E-state index in [0.717, 1.165) is 0 Å². The minimum Gasteiger partial charge on any atom is -0.0884 e. The van der Waals surface area contributed by atoms with E-state index < -0.39 is 0 Å². The highest BCUT2D eigenvalue weighted by Crippen LogP contribution is 2.63. The summed E-state index contributed by atoms with van der Waals surface area (Å²) in [5.41, 5.74) is 2.87. The first kappa shape index (κ1) is 16.7. The van der Waals surface area contributed by atoms with Crippen LogP contribution >= 0.6 is 94.1 Å². The topological polar surface area (TPSA) is 0 Å². The number of hydrogen-bond acceptors (Lipinski definition) is 8. The van der Waals surface area contributed by atoms with Crippen LogP contribution in [-0.2, 0) is 0 Å². The van der Waals surface area contributed by atoms with Crippen LogP contribution in [0.1, 0.15) is 13.8 Å². The van der Waals surface area contributed by atoms with Gasteiger partial charge in [0, 0.05) is 0 Å². The van der Waals surface area contributed by atoms with E-state index in [1.807, 2.05) is 94.1 Å². The number of thioether (sulfide) groups is 8. The fraction of sp³-hybridized carbons (Fsp3) is 0.143. The molecule has 0 aromatic carbocycles. The van der Waals surface area contributed by atoms with Crippen LogP contribution in [0, 0.1) is 0 Å². The van der Waals surface area contributed by atoms with E-state index in [1.54, 1.807) is 0 Å². The van der Waals surface area contributed by atoms with Crippen molar-refractivity contribution in [3.05, 3.63) is 58.2 Å². The molecule has 8 heteroatoms. The van der Waals surface area contributed by atoms with Gasteiger partial charge in [0.15, 0.2) is 0 Å². The van der Waals surface area contributed by atoms with E-state index in [4.69, 9.17) is 0 Å². The summed E-state index contributed by atoms with van der Waals surface area (Å²) < 4.78 is 8.69. The van der Waals surface area contributed by atoms with Gasteiger partial charge in [-0.1, -0.05) is 94.1 Å². The van der Waals surface area contributed by atoms with Crippen molar-refractivity contribution in [1.82, 2.24) is 0 Å². The van der Waals surface area contributed by atoms with Crippen molar-refractivity contribution < 1.29 is 0 Å². The van der Waals surface area contributed by atoms with Gasteiger partial charge in [0.2, 0.25) is 0 Å². The smallest absolute Gasteiger partial charge is 0.0705 e. The normalized spacial score (nSPS) is 23.4. The van der Waals surface area contributed by atoms with Crippen LogP contribution in [-0.4, -0.2) is 0 Å². The first-order valence-corrected chi connectivity index (χ1v) is 13.1. The maximum absolute atomic E-state index is 2.27. The third-order valence-corrected chi connectivity index (χ3v) is 13.9. The Labute approximate surface area is 164 Å². The summed E-state index contributed by atoms with van der Waals surface area (Å²) in [6.45, 7) is 4.55. The van der Waals surface area contributed by atoms with E-state index in [9.17, 15) is 0 Å². The molecule has 22 heavy (non-hydrogen) atoms. The molecule has 0 bridgehead atoms. The summed E-state index contributed by atoms with van der Waals surface area (Å²) in [4.78, 5) is 0. The van der Waals surface area contributed by atoms with Crippen LogP contribution < -0.4 is 0 Å². The van der Waals surface area contributed by atoms with E-state index >= 15 is 0 Å². The molecular weight excluding hydrogens is 425 g/mol. The fourth-order valence-electron chi connectivity index (χ4n) is 1.80. The second-order valence-electron chi connectivity index (χ2n) is 4.40. The fourth-order valence-corrected chi connectivity index (χ4v) is 12.4. The van der Waals surface area contributed by atoms with Crippen LogP contribution in [0.4, 0.5) is 0 Å². The molecule has 0 saturated heterocycles. The Morgan fingerprint density at radius 1 is 0.545 bits per heavy atom. The van der Waals surface area contributed by atoms with Crippen LogP contribution in [0.5, 0.6) is 0 Å². The average molecular weight is 435 g/mol. The highest BCUT2D eigenvalue weighted by Gasteiger charge is 2.28. The van der Waals surface area contributed by atoms with Crippen molar-refractivity contribution in [3.63, 3.8) is 0 Å². The van der Waals surface area contributed by atoms with Gasteiger partial charge in [0.05, 0.1) is 25.4 Å². The molecule has 0 aliphatic carbocycles. The first-order chi connectivity index (χ1) is 10.7. The third kappa shape index (κ3) is 3.31. The van der Waals surface area contributed by atoms with Gasteiger partial charge >= 0.3 is 0 Å². The second-order valence-corrected chi connectivity index (χ2v) is 13.7. The quantitative estimate of drug-likeness (QED) is 0.397. The Kier molecular flexibility index (Phi) is 5.49. The van der Waals surface area contributed by atoms with Crippen molar-refractivity contribution in [3.8, 4) is 0 Å². The largest absolute Gasteiger partial charge is 0.0884 e. The molecule has 0 atom stereocenters. The van der Waals surface area contributed by atoms with Gasteiger partial charge in [-0.15, -0.1) is 0 Å². The molecule has 0 saturated carbocycles. The van der Waals surface area contributed by atoms with Gasteiger partial charge < -0.3 is 0 Å². The Morgan fingerprint density at radius 3 is 1.09 bits per heavy atom. The summed E-state index contributed by atoms with van der Waals surface area (Å²) in [6, 6.07) is 0. The summed E-state index contributed by atoms with van der Waals surface area (Å²) in [5.74, 6) is 0. The first-order valence-electron chi connectivity index (χ1n) is 6.31. The molecule has 0 unspecified atom stereocenters. The molecule has 0 N–H and O–H groups in total. The van der Waals surface area contributed by atoms with Gasteiger partial charge in [-0.2, -0.15) is 0 Å². The van der Waals surface area contributed by atoms with Gasteiger partial charge in [-0.05, 0) is 46.6 Å². The molecule has 0 aromatic rings. The minimum absolute atomic E-state index is 1.43. The van der Waals surface area contributed by atoms with Crippen LogP contribution in [0.25, 0.3) is 0 Å². The SMILES string of the molecule is CC(=C1SC2=C(SC=CS2)S1)C(C)=C1SC2=C(SC=CS2)S1. The van der Waals surface area contributed by atoms with Gasteiger partial charge in [0.25, 0.3) is 0 Å². The van der Waals surface area contributed by atoms with E-state index in [2.05, 4.69) is 35.5 Å². The molecule has 4 aliphatic rings. The molecule has 0 fully saturated rings. The van der Waals surface area contributed by atoms with Gasteiger partial charge in [-0.25, -0.2) is 0 Å². The zero-order chi connectivity index (χ0) is 15.1. The van der Waals surface area contributed by atoms with Crippen molar-refractivity contribution >= 4 is 94.1 Å². The molecule has 0 spiro atoms. The standard InChI is InChI=1S/C14H10S8/c1-7(9-19-11-12(20-9)16-4-3-15-11)8(2)10-21-13-14(22-10)18-6-5-17-13/h3-6H,1-2H3. The lowest BCUT2D eigenvalue weighted by Gasteiger charge is -2.09. The lowest BCUT2D eigenvalue weighted by atomic mass is 10.2. The average Bonchev–Trinajstić information content (AvgIpc) is 3.16. The summed E-state index contributed by atoms with van der Waals surface area (Å²) in [7, 11) is 0. The lowest BCUT2D eigenvalue weighted by Crippen LogP contribution is -1.84. The van der Waals surface area contributed by atoms with Crippen molar-refractivity contribution in [2.75, 3.05) is 0 Å². The van der Waals surface area contributed by atoms with E-state index in [1.165, 1.54) is 36.6 Å². The Bertz CT molecular complexity index is 613. The summed E-state index contributed by atoms with van der Waals surface area (Å²) >= 11 is 15.2. The maximum Gasteiger partial charge on any atom is 0.0705 e. The Morgan fingerprint density at radius 2 is 0.818 bits per heavy atom. The van der Waals surface area contributed by atoms with Crippen molar-refractivity contribution in [2.24, 2.45) is 0 Å². The van der Waals surface area contributed by atoms with Gasteiger partial charge in [0.1, 0.15) is 0 Å². The molecule has 4 rings (SSSR count). The highest BCUT2D eigenvalue weighted by molar-refractivity contribution is 8.43. The predicted octanol–water partition coefficient (Wildman–Crippen LogP) is 8.56. The molecule has 0 nitrogen and oxygen atoms in total. The summed E-state index contributed by atoms with van der Waals surface area (Å²) in [5, 5.41) is 8.73. The molecule has 0 radical (unpaired) electrons. The minimum atomic E-state index is 1.43. The van der Waals surface area contributed by atoms with Crippen LogP contribution in [0.15, 0.2) is 58.2 Å². The molecule has 114 valence electrons. The Balaban J connectivity index is 1.55. The Hall–Kier alpha value is 1.24. The number of rotatable bonds is 1. The van der Waals surface area contributed by atoms with Crippen LogP contribution in [0.2, 0.25) is 0 Å². The monoisotopic (exact) mass is 434 g/mol. The van der Waals surface area contributed by atoms with Crippen molar-refractivity contribution in [2.45, 2.75) is 13.8 Å². The van der Waals surface area contributed by atoms with Gasteiger partial charge in [-0.3, -0.25) is 0 Å². The molecule has 4 aliphatic heterocycles. The number of hydrogen-bond donors (Lipinski definition) is 0. The molecule has 4 heterocycles. The molecule has 0 amide bonds. The van der Waals surface area contributed by atoms with E-state index in [-0.39, 0.29) is 0 Å². The maximum atomic E-state index is 2.27. The lowest BCUT2D eigenvalue weighted by molar-refractivity contribution is 1.36. The number of allylic oxidation sites excluding steroid dienone is 2. The van der Waals surface area contributed by atoms with Crippen molar-refractivity contribution in [1.29, 1.82) is 0 Å². The molecular formula is C14H10S8. The van der Waals surface area contributed by atoms with Crippen LogP contribution in [0.3, 0.4) is 0 Å². The van der Waals surface area contributed by atoms with E-state index in [0.29, 0.717) is 0 Å². The predicted molar refractivity (Wildman–Crippen MR) is 118 cm³/mol.